The minimum atomic E-state index is -1.27. The van der Waals surface area contributed by atoms with Gasteiger partial charge < -0.3 is 52.9 Å². The fourth-order valence-corrected chi connectivity index (χ4v) is 5.71. The van der Waals surface area contributed by atoms with Gasteiger partial charge in [0.25, 0.3) is 0 Å². The topological polar surface area (TPSA) is 253 Å². The van der Waals surface area contributed by atoms with Gasteiger partial charge in [-0.3, -0.25) is 0 Å². The minimum Gasteiger partial charge on any atom is -0.548 e. The van der Waals surface area contributed by atoms with E-state index in [1.807, 2.05) is 57.3 Å². The van der Waals surface area contributed by atoms with E-state index in [4.69, 9.17) is 10.5 Å². The molecule has 0 aliphatic heterocycles. The molecule has 0 spiro atoms. The van der Waals surface area contributed by atoms with E-state index in [0.717, 1.165) is 12.7 Å². The van der Waals surface area contributed by atoms with Crippen molar-refractivity contribution in [3.63, 3.8) is 0 Å². The van der Waals surface area contributed by atoms with Crippen LogP contribution in [0.4, 0.5) is 0 Å². The zero-order valence-electron chi connectivity index (χ0n) is 15.4. The van der Waals surface area contributed by atoms with E-state index in [1.165, 1.54) is 0 Å². The van der Waals surface area contributed by atoms with Crippen molar-refractivity contribution in [2.24, 2.45) is 5.73 Å². The fourth-order valence-electron chi connectivity index (χ4n) is 1.88. The zero-order valence-corrected chi connectivity index (χ0v) is 26.0. The summed E-state index contributed by atoms with van der Waals surface area (Å²) in [6, 6.07) is 6.16. The smallest absolute Gasteiger partial charge is 0.548 e. The van der Waals surface area contributed by atoms with Crippen LogP contribution in [0.3, 0.4) is 0 Å². The first-order valence-electron chi connectivity index (χ1n) is 6.49. The number of carboxylic acid groups (broad SMARTS) is 1. The molecular formula is C15H20I4NNaO9. The Balaban J connectivity index is -0.000000347. The number of hydrogen-bond acceptors (Lipinski definition) is 5. The number of halogens is 4. The van der Waals surface area contributed by atoms with Gasteiger partial charge in [-0.05, 0) is 127 Å². The van der Waals surface area contributed by atoms with Gasteiger partial charge in [0.05, 0.1) is 20.3 Å². The molecule has 0 amide bonds. The van der Waals surface area contributed by atoms with Crippen molar-refractivity contribution >= 4 is 96.3 Å². The average Bonchev–Trinajstić information content (AvgIpc) is 2.48. The Morgan fingerprint density at radius 2 is 1.33 bits per heavy atom. The van der Waals surface area contributed by atoms with Crippen LogP contribution in [0.2, 0.25) is 0 Å². The molecule has 30 heavy (non-hydrogen) atoms. The van der Waals surface area contributed by atoms with Crippen LogP contribution in [-0.2, 0) is 11.2 Å². The molecule has 15 heteroatoms. The second-order valence-corrected chi connectivity index (χ2v) is 9.50. The Morgan fingerprint density at radius 3 is 1.70 bits per heavy atom. The second-order valence-electron chi connectivity index (χ2n) is 4.86. The summed E-state index contributed by atoms with van der Waals surface area (Å²) in [5.74, 6) is 0.268. The van der Waals surface area contributed by atoms with Gasteiger partial charge in [-0.25, -0.2) is 0 Å². The first kappa shape index (κ1) is 41.4. The maximum absolute atomic E-state index is 10.8. The molecule has 10 nitrogen and oxygen atoms in total. The van der Waals surface area contributed by atoms with E-state index >= 15 is 0 Å². The summed E-state index contributed by atoms with van der Waals surface area (Å²) in [5.41, 5.74) is 6.34. The van der Waals surface area contributed by atoms with Crippen molar-refractivity contribution in [3.05, 3.63) is 44.1 Å². The number of phenolic OH excluding ortho intramolecular Hbond substituents is 1. The Morgan fingerprint density at radius 1 is 0.933 bits per heavy atom. The summed E-state index contributed by atoms with van der Waals surface area (Å²) < 4.78 is 9.07. The van der Waals surface area contributed by atoms with Gasteiger partial charge in [0, 0.05) is 6.04 Å². The zero-order chi connectivity index (χ0) is 18.0. The molecule has 0 saturated carbocycles. The Labute approximate surface area is 249 Å². The maximum Gasteiger partial charge on any atom is 1.00 e. The quantitative estimate of drug-likeness (QED) is 0.225. The first-order chi connectivity index (χ1) is 11.2. The normalized spacial score (nSPS) is 9.63. The van der Waals surface area contributed by atoms with Gasteiger partial charge in [-0.2, -0.15) is 0 Å². The number of rotatable bonds is 5. The maximum atomic E-state index is 10.8. The molecule has 0 bridgehead atoms. The number of carbonyl (C=O) groups is 1. The van der Waals surface area contributed by atoms with Gasteiger partial charge in [-0.15, -0.1) is 0 Å². The van der Waals surface area contributed by atoms with Crippen molar-refractivity contribution in [1.29, 1.82) is 0 Å². The minimum absolute atomic E-state index is 0. The van der Waals surface area contributed by atoms with Crippen molar-refractivity contribution in [1.82, 2.24) is 0 Å². The van der Waals surface area contributed by atoms with Gasteiger partial charge in [-0.1, -0.05) is 0 Å². The van der Waals surface area contributed by atoms with Crippen LogP contribution in [-0.4, -0.2) is 44.5 Å². The van der Waals surface area contributed by atoms with E-state index in [1.54, 1.807) is 12.1 Å². The molecule has 0 aliphatic rings. The molecule has 0 aromatic heterocycles. The average molecular weight is 889 g/mol. The first-order valence-corrected chi connectivity index (χ1v) is 10.8. The van der Waals surface area contributed by atoms with E-state index < -0.39 is 12.0 Å². The van der Waals surface area contributed by atoms with Crippen LogP contribution < -0.4 is 45.1 Å². The molecule has 2 aromatic rings. The predicted molar refractivity (Wildman–Crippen MR) is 140 cm³/mol. The monoisotopic (exact) mass is 889 g/mol. The molecule has 0 aliphatic carbocycles. The number of hydrogen-bond donors (Lipinski definition) is 2. The molecule has 0 saturated heterocycles. The SMILES string of the molecule is N[C@@H](Cc1cc(I)c(Oc2cc(I)c(O)c(I)c2)c(I)c1)C(=O)[O-].O.O.O.O.O.[Na+]. The van der Waals surface area contributed by atoms with Crippen LogP contribution in [0, 0.1) is 14.3 Å². The number of benzene rings is 2. The molecule has 0 unspecified atom stereocenters. The summed E-state index contributed by atoms with van der Waals surface area (Å²) >= 11 is 8.37. The summed E-state index contributed by atoms with van der Waals surface area (Å²) in [5, 5.41) is 20.6. The number of nitrogens with two attached hydrogens (primary N) is 1. The Kier molecular flexibility index (Phi) is 25.7. The van der Waals surface area contributed by atoms with E-state index in [9.17, 15) is 15.0 Å². The Bertz CT molecular complexity index is 768. The van der Waals surface area contributed by atoms with Crippen LogP contribution in [0.5, 0.6) is 17.2 Å². The van der Waals surface area contributed by atoms with Crippen molar-refractivity contribution in [2.75, 3.05) is 0 Å². The standard InChI is InChI=1S/C15H11I4NO4.Na.5H2O/c16-8-4-7(5-9(17)13(8)21)24-14-10(18)1-6(2-11(14)19)3-12(20)15(22)23;;;;;;/h1-2,4-5,12,21H,3,20H2,(H,22,23);;5*1H2/q;+1;;;;;/p-1/t12-;;;;;;/m0....../s1. The number of carbonyl (C=O) groups excluding carboxylic acids is 1. The molecule has 168 valence electrons. The molecule has 0 radical (unpaired) electrons. The largest absolute Gasteiger partial charge is 1.00 e. The predicted octanol–water partition coefficient (Wildman–Crippen LogP) is -3.90. The van der Waals surface area contributed by atoms with Gasteiger partial charge in [0.1, 0.15) is 11.5 Å². The van der Waals surface area contributed by atoms with E-state index in [2.05, 4.69) is 45.2 Å². The van der Waals surface area contributed by atoms with Crippen molar-refractivity contribution < 1.29 is 76.7 Å². The molecule has 13 N–H and O–H groups in total. The summed E-state index contributed by atoms with van der Waals surface area (Å²) in [6.45, 7) is 0. The number of aliphatic carboxylic acids is 1. The number of aromatic hydroxyl groups is 1. The number of carboxylic acids is 1. The number of ether oxygens (including phenoxy) is 1. The molecular weight excluding hydrogens is 869 g/mol. The van der Waals surface area contributed by atoms with Gasteiger partial charge >= 0.3 is 29.6 Å². The summed E-state index contributed by atoms with van der Waals surface area (Å²) in [6.07, 6.45) is 0.198. The molecule has 2 aromatic carbocycles. The van der Waals surface area contributed by atoms with Crippen molar-refractivity contribution in [3.8, 4) is 17.2 Å². The van der Waals surface area contributed by atoms with Crippen LogP contribution in [0.15, 0.2) is 24.3 Å². The third-order valence-electron chi connectivity index (χ3n) is 3.03. The van der Waals surface area contributed by atoms with Crippen LogP contribution >= 0.6 is 90.4 Å². The molecule has 0 fully saturated rings. The van der Waals surface area contributed by atoms with Crippen LogP contribution in [0.1, 0.15) is 5.56 Å². The third kappa shape index (κ3) is 11.4. The van der Waals surface area contributed by atoms with Crippen LogP contribution in [0.25, 0.3) is 0 Å². The van der Waals surface area contributed by atoms with Gasteiger partial charge in [0.2, 0.25) is 0 Å². The van der Waals surface area contributed by atoms with E-state index in [0.29, 0.717) is 18.6 Å². The van der Waals surface area contributed by atoms with E-state index in [-0.39, 0.29) is 69.1 Å². The molecule has 1 atom stereocenters. The summed E-state index contributed by atoms with van der Waals surface area (Å²) in [4.78, 5) is 10.8. The summed E-state index contributed by atoms with van der Waals surface area (Å²) in [7, 11) is 0. The van der Waals surface area contributed by atoms with Crippen molar-refractivity contribution in [2.45, 2.75) is 12.5 Å². The molecule has 2 rings (SSSR count). The second kappa shape index (κ2) is 18.6. The Hall–Kier alpha value is 1.19. The third-order valence-corrected chi connectivity index (χ3v) is 6.27. The molecule has 0 heterocycles. The fraction of sp³-hybridized carbons (Fsp3) is 0.133. The van der Waals surface area contributed by atoms with Gasteiger partial charge in [0.15, 0.2) is 5.75 Å². The number of phenols is 1.